The summed E-state index contributed by atoms with van der Waals surface area (Å²) in [7, 11) is 0. The minimum absolute atomic E-state index is 0.165. The number of nitrogens with two attached hydrogens (primary N) is 1. The molecule has 1 aromatic carbocycles. The molecule has 1 aliphatic carbocycles. The van der Waals surface area contributed by atoms with E-state index in [0.717, 1.165) is 37.7 Å². The average molecular weight is 291 g/mol. The number of halogens is 1. The van der Waals surface area contributed by atoms with Crippen molar-refractivity contribution in [2.75, 3.05) is 39.3 Å². The first-order valence-electron chi connectivity index (χ1n) is 8.10. The summed E-state index contributed by atoms with van der Waals surface area (Å²) in [4.78, 5) is 5.04. The Kier molecular flexibility index (Phi) is 4.57. The van der Waals surface area contributed by atoms with Gasteiger partial charge in [0.2, 0.25) is 0 Å². The van der Waals surface area contributed by atoms with E-state index in [1.807, 2.05) is 13.0 Å². The highest BCUT2D eigenvalue weighted by atomic mass is 19.1. The van der Waals surface area contributed by atoms with Crippen LogP contribution in [0.2, 0.25) is 0 Å². The second-order valence-corrected chi connectivity index (χ2v) is 6.53. The molecule has 1 heterocycles. The second-order valence-electron chi connectivity index (χ2n) is 6.53. The Morgan fingerprint density at radius 1 is 1.24 bits per heavy atom. The van der Waals surface area contributed by atoms with Crippen molar-refractivity contribution in [2.24, 2.45) is 11.7 Å². The molecule has 0 amide bonds. The van der Waals surface area contributed by atoms with E-state index in [1.54, 1.807) is 12.1 Å². The van der Waals surface area contributed by atoms with Crippen LogP contribution in [0.25, 0.3) is 0 Å². The summed E-state index contributed by atoms with van der Waals surface area (Å²) < 4.78 is 13.3. The third-order valence-corrected chi connectivity index (χ3v) is 4.88. The fraction of sp³-hybridized carbons (Fsp3) is 0.647. The first kappa shape index (κ1) is 14.9. The van der Waals surface area contributed by atoms with E-state index >= 15 is 0 Å². The van der Waals surface area contributed by atoms with Gasteiger partial charge in [-0.05, 0) is 48.9 Å². The van der Waals surface area contributed by atoms with Gasteiger partial charge in [-0.25, -0.2) is 4.39 Å². The van der Waals surface area contributed by atoms with E-state index in [2.05, 4.69) is 9.80 Å². The lowest BCUT2D eigenvalue weighted by molar-refractivity contribution is 0.0953. The highest BCUT2D eigenvalue weighted by molar-refractivity contribution is 5.30. The molecular formula is C17H26FN3. The molecule has 116 valence electrons. The smallest absolute Gasteiger partial charge is 0.123 e. The van der Waals surface area contributed by atoms with E-state index in [-0.39, 0.29) is 11.9 Å². The molecule has 1 unspecified atom stereocenters. The van der Waals surface area contributed by atoms with Crippen LogP contribution >= 0.6 is 0 Å². The number of piperazine rings is 1. The molecule has 1 aromatic rings. The summed E-state index contributed by atoms with van der Waals surface area (Å²) in [6.07, 6.45) is 2.83. The first-order valence-corrected chi connectivity index (χ1v) is 8.10. The van der Waals surface area contributed by atoms with Crippen LogP contribution in [0.4, 0.5) is 4.39 Å². The zero-order valence-electron chi connectivity index (χ0n) is 12.9. The minimum atomic E-state index is -0.165. The van der Waals surface area contributed by atoms with E-state index in [0.29, 0.717) is 6.54 Å². The fourth-order valence-corrected chi connectivity index (χ4v) is 3.41. The van der Waals surface area contributed by atoms with Crippen molar-refractivity contribution in [3.8, 4) is 0 Å². The van der Waals surface area contributed by atoms with Crippen molar-refractivity contribution in [1.82, 2.24) is 9.80 Å². The molecule has 2 fully saturated rings. The van der Waals surface area contributed by atoms with Crippen LogP contribution in [0.5, 0.6) is 0 Å². The van der Waals surface area contributed by atoms with Gasteiger partial charge in [0.1, 0.15) is 5.82 Å². The van der Waals surface area contributed by atoms with Gasteiger partial charge in [-0.2, -0.15) is 0 Å². The first-order chi connectivity index (χ1) is 10.2. The topological polar surface area (TPSA) is 32.5 Å². The zero-order chi connectivity index (χ0) is 14.8. The molecule has 0 spiro atoms. The maximum absolute atomic E-state index is 13.3. The molecule has 3 nitrogen and oxygen atoms in total. The SMILES string of the molecule is Cc1cc(F)ccc1C(CN)N1CCN(CC2CC2)CC1. The molecule has 21 heavy (non-hydrogen) atoms. The molecule has 0 bridgehead atoms. The highest BCUT2D eigenvalue weighted by Crippen LogP contribution is 2.31. The largest absolute Gasteiger partial charge is 0.329 e. The quantitative estimate of drug-likeness (QED) is 0.902. The van der Waals surface area contributed by atoms with E-state index in [4.69, 9.17) is 5.73 Å². The predicted octanol–water partition coefficient (Wildman–Crippen LogP) is 2.16. The van der Waals surface area contributed by atoms with Crippen LogP contribution in [0, 0.1) is 18.7 Å². The van der Waals surface area contributed by atoms with Gasteiger partial charge in [0.15, 0.2) is 0 Å². The normalized spacial score (nSPS) is 22.4. The zero-order valence-corrected chi connectivity index (χ0v) is 12.9. The average Bonchev–Trinajstić information content (AvgIpc) is 3.27. The Labute approximate surface area is 126 Å². The highest BCUT2D eigenvalue weighted by Gasteiger charge is 2.29. The summed E-state index contributed by atoms with van der Waals surface area (Å²) in [5.74, 6) is 0.794. The Balaban J connectivity index is 1.63. The lowest BCUT2D eigenvalue weighted by Gasteiger charge is -2.39. The predicted molar refractivity (Wildman–Crippen MR) is 83.7 cm³/mol. The van der Waals surface area contributed by atoms with Crippen LogP contribution in [0.1, 0.15) is 30.0 Å². The van der Waals surface area contributed by atoms with Gasteiger partial charge in [0, 0.05) is 45.3 Å². The van der Waals surface area contributed by atoms with Gasteiger partial charge < -0.3 is 10.6 Å². The van der Waals surface area contributed by atoms with Gasteiger partial charge in [-0.15, -0.1) is 0 Å². The molecule has 0 radical (unpaired) electrons. The van der Waals surface area contributed by atoms with Gasteiger partial charge in [0.25, 0.3) is 0 Å². The van der Waals surface area contributed by atoms with Gasteiger partial charge in [0.05, 0.1) is 0 Å². The summed E-state index contributed by atoms with van der Waals surface area (Å²) in [6, 6.07) is 5.28. The van der Waals surface area contributed by atoms with Crippen molar-refractivity contribution >= 4 is 0 Å². The fourth-order valence-electron chi connectivity index (χ4n) is 3.41. The van der Waals surface area contributed by atoms with Gasteiger partial charge in [-0.3, -0.25) is 4.90 Å². The van der Waals surface area contributed by atoms with E-state index in [1.165, 1.54) is 24.9 Å². The Morgan fingerprint density at radius 2 is 1.95 bits per heavy atom. The molecule has 1 aliphatic heterocycles. The number of nitrogens with zero attached hydrogens (tertiary/aromatic N) is 2. The molecular weight excluding hydrogens is 265 g/mol. The summed E-state index contributed by atoms with van der Waals surface area (Å²) in [6.45, 7) is 8.23. The molecule has 4 heteroatoms. The number of aryl methyl sites for hydroxylation is 1. The molecule has 1 saturated heterocycles. The molecule has 0 aromatic heterocycles. The number of hydrogen-bond acceptors (Lipinski definition) is 3. The summed E-state index contributed by atoms with van der Waals surface area (Å²) in [5.41, 5.74) is 8.20. The maximum atomic E-state index is 13.3. The summed E-state index contributed by atoms with van der Waals surface area (Å²) in [5, 5.41) is 0. The molecule has 2 aliphatic rings. The number of benzene rings is 1. The standard InChI is InChI=1S/C17H26FN3/c1-13-10-15(18)4-5-16(13)17(11-19)21-8-6-20(7-9-21)12-14-2-3-14/h4-5,10,14,17H,2-3,6-9,11-12,19H2,1H3. The number of rotatable bonds is 5. The van der Waals surface area contributed by atoms with Gasteiger partial charge >= 0.3 is 0 Å². The molecule has 2 N–H and O–H groups in total. The van der Waals surface area contributed by atoms with Crippen LogP contribution in [-0.2, 0) is 0 Å². The van der Waals surface area contributed by atoms with Crippen molar-refractivity contribution in [1.29, 1.82) is 0 Å². The van der Waals surface area contributed by atoms with Crippen LogP contribution in [0.15, 0.2) is 18.2 Å². The lowest BCUT2D eigenvalue weighted by Crippen LogP contribution is -2.49. The van der Waals surface area contributed by atoms with Gasteiger partial charge in [-0.1, -0.05) is 6.07 Å². The van der Waals surface area contributed by atoms with Crippen LogP contribution in [0.3, 0.4) is 0 Å². The third-order valence-electron chi connectivity index (χ3n) is 4.88. The van der Waals surface area contributed by atoms with Crippen molar-refractivity contribution < 1.29 is 4.39 Å². The molecule has 3 rings (SSSR count). The minimum Gasteiger partial charge on any atom is -0.329 e. The summed E-state index contributed by atoms with van der Waals surface area (Å²) >= 11 is 0. The van der Waals surface area contributed by atoms with Crippen LogP contribution < -0.4 is 5.73 Å². The van der Waals surface area contributed by atoms with Crippen molar-refractivity contribution in [3.63, 3.8) is 0 Å². The molecule has 1 atom stereocenters. The van der Waals surface area contributed by atoms with Crippen LogP contribution in [-0.4, -0.2) is 49.1 Å². The number of hydrogen-bond donors (Lipinski definition) is 1. The third kappa shape index (κ3) is 3.62. The monoisotopic (exact) mass is 291 g/mol. The Hall–Kier alpha value is -0.970. The Bertz CT molecular complexity index is 479. The van der Waals surface area contributed by atoms with Crippen molar-refractivity contribution in [3.05, 3.63) is 35.1 Å². The van der Waals surface area contributed by atoms with Crippen molar-refractivity contribution in [2.45, 2.75) is 25.8 Å². The van der Waals surface area contributed by atoms with E-state index < -0.39 is 0 Å². The second kappa shape index (κ2) is 6.42. The maximum Gasteiger partial charge on any atom is 0.123 e. The molecule has 1 saturated carbocycles. The Morgan fingerprint density at radius 3 is 2.52 bits per heavy atom. The lowest BCUT2D eigenvalue weighted by atomic mass is 9.99. The van der Waals surface area contributed by atoms with E-state index in [9.17, 15) is 4.39 Å².